The number of aromatic nitrogens is 4. The van der Waals surface area contributed by atoms with Crippen molar-refractivity contribution in [1.29, 1.82) is 0 Å². The first-order chi connectivity index (χ1) is 14.7. The zero-order chi connectivity index (χ0) is 20.5. The highest BCUT2D eigenvalue weighted by Gasteiger charge is 2.20. The van der Waals surface area contributed by atoms with Gasteiger partial charge in [-0.1, -0.05) is 12.1 Å². The Bertz CT molecular complexity index is 1220. The topological polar surface area (TPSA) is 120 Å². The molecule has 3 aromatic heterocycles. The van der Waals surface area contributed by atoms with Crippen LogP contribution in [0.3, 0.4) is 0 Å². The van der Waals surface area contributed by atoms with Crippen molar-refractivity contribution in [3.8, 4) is 5.95 Å². The molecule has 0 radical (unpaired) electrons. The summed E-state index contributed by atoms with van der Waals surface area (Å²) in [5.41, 5.74) is 11.4. The van der Waals surface area contributed by atoms with E-state index in [1.54, 1.807) is 34.3 Å². The molecule has 0 fully saturated rings. The number of hydroxylamine groups is 1. The molecule has 1 aromatic carbocycles. The van der Waals surface area contributed by atoms with E-state index >= 15 is 0 Å². The fourth-order valence-corrected chi connectivity index (χ4v) is 4.17. The van der Waals surface area contributed by atoms with E-state index in [4.69, 9.17) is 20.5 Å². The number of hydrogen-bond acceptors (Lipinski definition) is 8. The number of primary amides is 1. The highest BCUT2D eigenvalue weighted by atomic mass is 32.1. The maximum atomic E-state index is 11.8. The van der Waals surface area contributed by atoms with Gasteiger partial charge in [-0.15, -0.1) is 11.3 Å². The van der Waals surface area contributed by atoms with E-state index in [2.05, 4.69) is 22.0 Å². The van der Waals surface area contributed by atoms with Gasteiger partial charge in [0.25, 0.3) is 5.95 Å². The van der Waals surface area contributed by atoms with Crippen LogP contribution in [0.25, 0.3) is 16.9 Å². The van der Waals surface area contributed by atoms with E-state index in [0.717, 1.165) is 17.1 Å². The van der Waals surface area contributed by atoms with Crippen LogP contribution in [-0.2, 0) is 24.3 Å². The summed E-state index contributed by atoms with van der Waals surface area (Å²) in [6.45, 7) is 1.67. The first kappa shape index (κ1) is 18.7. The van der Waals surface area contributed by atoms with E-state index < -0.39 is 5.91 Å². The van der Waals surface area contributed by atoms with Crippen molar-refractivity contribution in [2.75, 3.05) is 11.9 Å². The molecular weight excluding hydrogens is 402 g/mol. The first-order valence-corrected chi connectivity index (χ1v) is 10.4. The SMILES string of the molecule is NC(=O)c1cccc2c1cnn2-c1nc2c(c(NCc3cccs3)n1)CCONC2. The average molecular weight is 421 g/mol. The molecule has 9 nitrogen and oxygen atoms in total. The van der Waals surface area contributed by atoms with Gasteiger partial charge in [0.2, 0.25) is 5.91 Å². The second-order valence-corrected chi connectivity index (χ2v) is 7.84. The molecule has 1 aliphatic rings. The number of hydrogen-bond donors (Lipinski definition) is 3. The lowest BCUT2D eigenvalue weighted by molar-refractivity contribution is 0.0440. The minimum absolute atomic E-state index is 0.416. The standard InChI is InChI=1S/C20H19N7O2S/c21-18(28)13-4-1-5-17-15(13)10-23-27(17)20-25-16-11-24-29-7-6-14(16)19(26-20)22-9-12-3-2-8-30-12/h1-5,8,10,24H,6-7,9,11H2,(H2,21,28)(H,22,25,26). The molecule has 1 aliphatic heterocycles. The molecule has 10 heteroatoms. The summed E-state index contributed by atoms with van der Waals surface area (Å²) >= 11 is 1.69. The molecular formula is C20H19N7O2S. The molecule has 5 rings (SSSR count). The number of anilines is 1. The van der Waals surface area contributed by atoms with Crippen molar-refractivity contribution in [3.63, 3.8) is 0 Å². The number of benzene rings is 1. The Kier molecular flexibility index (Phi) is 4.87. The van der Waals surface area contributed by atoms with Gasteiger partial charge in [0.15, 0.2) is 0 Å². The average Bonchev–Trinajstić information content (AvgIpc) is 3.36. The number of nitrogens with two attached hydrogens (primary N) is 1. The minimum atomic E-state index is -0.498. The number of nitrogens with one attached hydrogen (secondary N) is 2. The predicted octanol–water partition coefficient (Wildman–Crippen LogP) is 2.17. The third-order valence-electron chi connectivity index (χ3n) is 4.96. The van der Waals surface area contributed by atoms with E-state index in [1.165, 1.54) is 4.88 Å². The normalized spacial score (nSPS) is 13.7. The summed E-state index contributed by atoms with van der Waals surface area (Å²) in [7, 11) is 0. The molecule has 152 valence electrons. The van der Waals surface area contributed by atoms with Gasteiger partial charge in [-0.2, -0.15) is 20.2 Å². The Labute approximate surface area is 175 Å². The van der Waals surface area contributed by atoms with E-state index in [0.29, 0.717) is 48.5 Å². The summed E-state index contributed by atoms with van der Waals surface area (Å²) in [5.74, 6) is 0.677. The lowest BCUT2D eigenvalue weighted by Gasteiger charge is -2.14. The van der Waals surface area contributed by atoms with Crippen LogP contribution in [0.2, 0.25) is 0 Å². The number of nitrogens with zero attached hydrogens (tertiary/aromatic N) is 4. The Morgan fingerprint density at radius 3 is 3.07 bits per heavy atom. The Morgan fingerprint density at radius 1 is 1.30 bits per heavy atom. The minimum Gasteiger partial charge on any atom is -0.366 e. The molecule has 0 saturated heterocycles. The van der Waals surface area contributed by atoms with E-state index in [1.807, 2.05) is 17.5 Å². The van der Waals surface area contributed by atoms with Crippen LogP contribution in [0.1, 0.15) is 26.5 Å². The van der Waals surface area contributed by atoms with Gasteiger partial charge in [-0.25, -0.2) is 4.98 Å². The molecule has 4 aromatic rings. The number of fused-ring (bicyclic) bond motifs is 2. The van der Waals surface area contributed by atoms with Crippen LogP contribution < -0.4 is 16.5 Å². The fraction of sp³-hybridized carbons (Fsp3) is 0.200. The molecule has 0 bridgehead atoms. The third kappa shape index (κ3) is 3.41. The molecule has 0 saturated carbocycles. The number of amides is 1. The summed E-state index contributed by atoms with van der Waals surface area (Å²) in [5, 5.41) is 10.6. The van der Waals surface area contributed by atoms with Crippen molar-refractivity contribution in [2.45, 2.75) is 19.5 Å². The number of thiophene rings is 1. The van der Waals surface area contributed by atoms with Crippen LogP contribution in [0.15, 0.2) is 41.9 Å². The molecule has 0 aliphatic carbocycles. The first-order valence-electron chi connectivity index (χ1n) is 9.48. The van der Waals surface area contributed by atoms with Crippen molar-refractivity contribution >= 4 is 34.0 Å². The smallest absolute Gasteiger partial charge is 0.253 e. The van der Waals surface area contributed by atoms with Gasteiger partial charge < -0.3 is 15.9 Å². The van der Waals surface area contributed by atoms with Crippen LogP contribution in [0.4, 0.5) is 5.82 Å². The zero-order valence-electron chi connectivity index (χ0n) is 16.0. The molecule has 1 amide bonds. The Hall–Kier alpha value is -3.34. The molecule has 4 heterocycles. The maximum Gasteiger partial charge on any atom is 0.253 e. The van der Waals surface area contributed by atoms with Gasteiger partial charge in [-0.05, 0) is 23.6 Å². The van der Waals surface area contributed by atoms with Crippen LogP contribution in [0.5, 0.6) is 0 Å². The second kappa shape index (κ2) is 7.82. The second-order valence-electron chi connectivity index (χ2n) is 6.81. The quantitative estimate of drug-likeness (QED) is 0.452. The molecule has 30 heavy (non-hydrogen) atoms. The summed E-state index contributed by atoms with van der Waals surface area (Å²) < 4.78 is 1.63. The molecule has 4 N–H and O–H groups in total. The van der Waals surface area contributed by atoms with Crippen molar-refractivity contribution < 1.29 is 9.63 Å². The number of carbonyl (C=O) groups is 1. The maximum absolute atomic E-state index is 11.8. The Balaban J connectivity index is 1.61. The lowest BCUT2D eigenvalue weighted by Crippen LogP contribution is -2.16. The van der Waals surface area contributed by atoms with Crippen LogP contribution >= 0.6 is 11.3 Å². The largest absolute Gasteiger partial charge is 0.366 e. The number of carbonyl (C=O) groups excluding carboxylic acids is 1. The summed E-state index contributed by atoms with van der Waals surface area (Å²) in [6, 6.07) is 9.43. The fourth-order valence-electron chi connectivity index (χ4n) is 3.52. The molecule has 0 spiro atoms. The highest BCUT2D eigenvalue weighted by molar-refractivity contribution is 7.09. The number of rotatable bonds is 5. The summed E-state index contributed by atoms with van der Waals surface area (Å²) in [4.78, 5) is 27.9. The van der Waals surface area contributed by atoms with Crippen molar-refractivity contribution in [1.82, 2.24) is 25.2 Å². The van der Waals surface area contributed by atoms with Gasteiger partial charge in [-0.3, -0.25) is 4.79 Å². The van der Waals surface area contributed by atoms with Crippen LogP contribution in [0, 0.1) is 0 Å². The van der Waals surface area contributed by atoms with Gasteiger partial charge in [0, 0.05) is 22.2 Å². The highest BCUT2D eigenvalue weighted by Crippen LogP contribution is 2.25. The predicted molar refractivity (Wildman–Crippen MR) is 113 cm³/mol. The van der Waals surface area contributed by atoms with Crippen molar-refractivity contribution in [2.24, 2.45) is 5.73 Å². The van der Waals surface area contributed by atoms with Gasteiger partial charge in [0.1, 0.15) is 5.82 Å². The van der Waals surface area contributed by atoms with Crippen molar-refractivity contribution in [3.05, 3.63) is 63.6 Å². The zero-order valence-corrected chi connectivity index (χ0v) is 16.8. The van der Waals surface area contributed by atoms with E-state index in [9.17, 15) is 4.79 Å². The van der Waals surface area contributed by atoms with E-state index in [-0.39, 0.29) is 0 Å². The Morgan fingerprint density at radius 2 is 2.23 bits per heavy atom. The monoisotopic (exact) mass is 421 g/mol. The van der Waals surface area contributed by atoms with Gasteiger partial charge >= 0.3 is 0 Å². The molecule has 0 unspecified atom stereocenters. The summed E-state index contributed by atoms with van der Waals surface area (Å²) in [6.07, 6.45) is 2.31. The third-order valence-corrected chi connectivity index (χ3v) is 5.83. The van der Waals surface area contributed by atoms with Gasteiger partial charge in [0.05, 0.1) is 42.7 Å². The molecule has 0 atom stereocenters. The lowest BCUT2D eigenvalue weighted by atomic mass is 10.1. The van der Waals surface area contributed by atoms with Crippen LogP contribution in [-0.4, -0.2) is 32.3 Å².